The molecule has 12 aromatic rings. The van der Waals surface area contributed by atoms with Gasteiger partial charge < -0.3 is 4.90 Å². The zero-order chi connectivity index (χ0) is 42.6. The Morgan fingerprint density at radius 3 is 1.58 bits per heavy atom. The van der Waals surface area contributed by atoms with Crippen molar-refractivity contribution >= 4 is 70.1 Å². The maximum atomic E-state index is 2.51. The van der Waals surface area contributed by atoms with Crippen LogP contribution in [0.3, 0.4) is 0 Å². The maximum absolute atomic E-state index is 2.51. The Bertz CT molecular complexity index is 3860. The van der Waals surface area contributed by atoms with E-state index in [0.29, 0.717) is 0 Å². The van der Waals surface area contributed by atoms with Crippen molar-refractivity contribution in [1.82, 2.24) is 0 Å². The first-order valence-electron chi connectivity index (χ1n) is 22.5. The summed E-state index contributed by atoms with van der Waals surface area (Å²) < 4.78 is 2.61. The van der Waals surface area contributed by atoms with E-state index in [2.05, 4.69) is 241 Å². The zero-order valence-electron chi connectivity index (χ0n) is 35.4. The van der Waals surface area contributed by atoms with E-state index < -0.39 is 5.41 Å². The quantitative estimate of drug-likeness (QED) is 0.167. The van der Waals surface area contributed by atoms with E-state index in [-0.39, 0.29) is 0 Å². The van der Waals surface area contributed by atoms with Crippen LogP contribution < -0.4 is 4.90 Å². The molecule has 1 nitrogen and oxygen atoms in total. The van der Waals surface area contributed by atoms with Crippen LogP contribution in [-0.4, -0.2) is 0 Å². The van der Waals surface area contributed by atoms with Crippen molar-refractivity contribution in [3.63, 3.8) is 0 Å². The highest BCUT2D eigenvalue weighted by Crippen LogP contribution is 2.64. The Kier molecular flexibility index (Phi) is 7.84. The number of rotatable bonds is 5. The van der Waals surface area contributed by atoms with Gasteiger partial charge in [0.1, 0.15) is 0 Å². The molecule has 1 heterocycles. The van der Waals surface area contributed by atoms with Crippen molar-refractivity contribution in [3.05, 3.63) is 259 Å². The molecule has 2 aliphatic rings. The normalized spacial score (nSPS) is 13.0. The topological polar surface area (TPSA) is 3.24 Å². The molecule has 11 aromatic carbocycles. The summed E-state index contributed by atoms with van der Waals surface area (Å²) in [5.41, 5.74) is 18.5. The highest BCUT2D eigenvalue weighted by Gasteiger charge is 2.52. The number of fused-ring (bicyclic) bond motifs is 15. The lowest BCUT2D eigenvalue weighted by molar-refractivity contribution is 0.794. The average Bonchev–Trinajstić information content (AvgIpc) is 4.01. The molecule has 0 saturated carbocycles. The summed E-state index contributed by atoms with van der Waals surface area (Å²) in [6, 6.07) is 88.3. The summed E-state index contributed by atoms with van der Waals surface area (Å²) in [6.45, 7) is 0. The summed E-state index contributed by atoms with van der Waals surface area (Å²) in [5.74, 6) is 0. The Balaban J connectivity index is 0.979. The van der Waals surface area contributed by atoms with Gasteiger partial charge in [-0.2, -0.15) is 0 Å². The largest absolute Gasteiger partial charge is 0.310 e. The molecule has 1 spiro atoms. The van der Waals surface area contributed by atoms with E-state index in [1.807, 2.05) is 11.3 Å². The molecule has 65 heavy (non-hydrogen) atoms. The van der Waals surface area contributed by atoms with Crippen molar-refractivity contribution in [2.45, 2.75) is 5.41 Å². The lowest BCUT2D eigenvalue weighted by Gasteiger charge is -2.32. The van der Waals surface area contributed by atoms with Crippen LogP contribution in [0, 0.1) is 0 Å². The first kappa shape index (κ1) is 36.4. The van der Waals surface area contributed by atoms with Gasteiger partial charge in [-0.25, -0.2) is 0 Å². The van der Waals surface area contributed by atoms with Crippen LogP contribution in [0.15, 0.2) is 237 Å². The van der Waals surface area contributed by atoms with Gasteiger partial charge in [-0.1, -0.05) is 194 Å². The van der Waals surface area contributed by atoms with Crippen LogP contribution in [0.2, 0.25) is 0 Å². The third-order valence-corrected chi connectivity index (χ3v) is 15.5. The molecular weight excluding hydrogens is 803 g/mol. The van der Waals surface area contributed by atoms with Crippen LogP contribution in [0.25, 0.3) is 86.2 Å². The molecule has 0 atom stereocenters. The number of hydrogen-bond acceptors (Lipinski definition) is 2. The fourth-order valence-corrected chi connectivity index (χ4v) is 12.7. The first-order valence-corrected chi connectivity index (χ1v) is 23.3. The molecule has 0 saturated heterocycles. The lowest BCUT2D eigenvalue weighted by Crippen LogP contribution is -2.26. The van der Waals surface area contributed by atoms with Crippen molar-refractivity contribution in [1.29, 1.82) is 0 Å². The minimum absolute atomic E-state index is 0.433. The van der Waals surface area contributed by atoms with E-state index in [4.69, 9.17) is 0 Å². The van der Waals surface area contributed by atoms with E-state index in [0.717, 1.165) is 11.4 Å². The summed E-state index contributed by atoms with van der Waals surface area (Å²) >= 11 is 1.87. The Morgan fingerprint density at radius 2 is 0.815 bits per heavy atom. The molecular formula is C63H39NS. The van der Waals surface area contributed by atoms with Gasteiger partial charge in [0.2, 0.25) is 0 Å². The second kappa shape index (κ2) is 14.0. The molecule has 14 rings (SSSR count). The average molecular weight is 842 g/mol. The molecule has 0 unspecified atom stereocenters. The van der Waals surface area contributed by atoms with Crippen LogP contribution in [0.5, 0.6) is 0 Å². The molecule has 0 bridgehead atoms. The molecule has 2 aliphatic carbocycles. The van der Waals surface area contributed by atoms with E-state index in [1.54, 1.807) is 0 Å². The van der Waals surface area contributed by atoms with Crippen LogP contribution >= 0.6 is 11.3 Å². The number of thiophene rings is 1. The molecule has 1 aromatic heterocycles. The molecule has 0 N–H and O–H groups in total. The number of benzene rings is 11. The minimum Gasteiger partial charge on any atom is -0.310 e. The monoisotopic (exact) mass is 841 g/mol. The van der Waals surface area contributed by atoms with Gasteiger partial charge in [0, 0.05) is 37.1 Å². The number of hydrogen-bond donors (Lipinski definition) is 0. The molecule has 302 valence electrons. The molecule has 0 amide bonds. The fourth-order valence-electron chi connectivity index (χ4n) is 11.6. The van der Waals surface area contributed by atoms with Gasteiger partial charge in [0.25, 0.3) is 0 Å². The second-order valence-corrected chi connectivity index (χ2v) is 18.6. The fraction of sp³-hybridized carbons (Fsp3) is 0.0159. The smallest absolute Gasteiger partial charge is 0.0726 e. The van der Waals surface area contributed by atoms with Crippen molar-refractivity contribution in [2.24, 2.45) is 0 Å². The van der Waals surface area contributed by atoms with Crippen molar-refractivity contribution in [2.75, 3.05) is 4.90 Å². The second-order valence-electron chi connectivity index (χ2n) is 17.5. The Labute approximate surface area is 381 Å². The van der Waals surface area contributed by atoms with Crippen LogP contribution in [0.1, 0.15) is 22.3 Å². The standard InChI is InChI=1S/C63H39NS/c1-2-17-44-40(15-1)16-13-24-47(44)49-37-36-45(46-18-3-4-19-48(46)49)41-31-33-42(34-32-41)64(43-35-38-61-54(39-43)52-22-8-12-30-60(52)65-61)59-29-14-28-58-62(59)53-23-7-11-27-57(53)63(58)55-25-9-5-20-50(55)51-21-6-10-26-56(51)63/h1-39H. The first-order chi connectivity index (χ1) is 32.3. The third-order valence-electron chi connectivity index (χ3n) is 14.3. The highest BCUT2D eigenvalue weighted by molar-refractivity contribution is 7.25. The van der Waals surface area contributed by atoms with Gasteiger partial charge in [-0.15, -0.1) is 11.3 Å². The minimum atomic E-state index is -0.433. The summed E-state index contributed by atoms with van der Waals surface area (Å²) in [7, 11) is 0. The van der Waals surface area contributed by atoms with Gasteiger partial charge in [-0.3, -0.25) is 0 Å². The highest BCUT2D eigenvalue weighted by atomic mass is 32.1. The van der Waals surface area contributed by atoms with Gasteiger partial charge >= 0.3 is 0 Å². The predicted molar refractivity (Wildman–Crippen MR) is 276 cm³/mol. The van der Waals surface area contributed by atoms with Crippen molar-refractivity contribution in [3.8, 4) is 44.5 Å². The van der Waals surface area contributed by atoms with Crippen LogP contribution in [-0.2, 0) is 5.41 Å². The lowest BCUT2D eigenvalue weighted by atomic mass is 9.70. The number of anilines is 3. The van der Waals surface area contributed by atoms with Gasteiger partial charge in [0.05, 0.1) is 11.1 Å². The summed E-state index contributed by atoms with van der Waals surface area (Å²) in [5, 5.41) is 7.61. The molecule has 2 heteroatoms. The Morgan fingerprint density at radius 1 is 0.308 bits per heavy atom. The van der Waals surface area contributed by atoms with E-state index in [9.17, 15) is 0 Å². The SMILES string of the molecule is c1ccc2c(c1)-c1ccccc1C21c2ccccc2-c2c(N(c3ccc(-c4ccc(-c5cccc6ccccc56)c5ccccc45)cc3)c3ccc4sc5ccccc5c4c3)cccc21. The maximum Gasteiger partial charge on any atom is 0.0726 e. The molecule has 0 radical (unpaired) electrons. The van der Waals surface area contributed by atoms with Crippen LogP contribution in [0.4, 0.5) is 17.1 Å². The predicted octanol–water partition coefficient (Wildman–Crippen LogP) is 17.5. The van der Waals surface area contributed by atoms with Gasteiger partial charge in [0.15, 0.2) is 0 Å². The Hall–Kier alpha value is -8.04. The zero-order valence-corrected chi connectivity index (χ0v) is 36.2. The molecule has 0 aliphatic heterocycles. The van der Waals surface area contributed by atoms with E-state index >= 15 is 0 Å². The third kappa shape index (κ3) is 5.14. The summed E-state index contributed by atoms with van der Waals surface area (Å²) in [6.07, 6.45) is 0. The van der Waals surface area contributed by atoms with E-state index in [1.165, 1.54) is 114 Å². The van der Waals surface area contributed by atoms with Gasteiger partial charge in [-0.05, 0) is 125 Å². The molecule has 0 fully saturated rings. The summed E-state index contributed by atoms with van der Waals surface area (Å²) in [4.78, 5) is 2.51. The van der Waals surface area contributed by atoms with Crippen molar-refractivity contribution < 1.29 is 0 Å². The number of nitrogens with zero attached hydrogens (tertiary/aromatic N) is 1.